The third kappa shape index (κ3) is 2.81. The Morgan fingerprint density at radius 2 is 1.72 bits per heavy atom. The van der Waals surface area contributed by atoms with Gasteiger partial charge in [0, 0.05) is 32.5 Å². The molecule has 18 heavy (non-hydrogen) atoms. The topological polar surface area (TPSA) is 73.6 Å². The van der Waals surface area contributed by atoms with E-state index in [0.717, 1.165) is 12.8 Å². The number of nitrogens with one attached hydrogen (secondary N) is 1. The SMILES string of the molecule is NC(=S)C1(C(=O)NC2CCOCC2)CCOCC1. The summed E-state index contributed by atoms with van der Waals surface area (Å²) in [6, 6.07) is 0.181. The first-order chi connectivity index (χ1) is 8.65. The zero-order valence-electron chi connectivity index (χ0n) is 10.4. The van der Waals surface area contributed by atoms with Crippen molar-refractivity contribution < 1.29 is 14.3 Å². The molecule has 5 nitrogen and oxygen atoms in total. The number of carbonyl (C=O) groups is 1. The molecule has 0 aromatic carbocycles. The molecule has 0 saturated carbocycles. The van der Waals surface area contributed by atoms with E-state index in [2.05, 4.69) is 5.32 Å². The molecule has 0 atom stereocenters. The van der Waals surface area contributed by atoms with Crippen molar-refractivity contribution in [2.45, 2.75) is 31.7 Å². The van der Waals surface area contributed by atoms with Crippen molar-refractivity contribution in [3.05, 3.63) is 0 Å². The van der Waals surface area contributed by atoms with Crippen LogP contribution in [0.1, 0.15) is 25.7 Å². The zero-order chi connectivity index (χ0) is 13.0. The highest BCUT2D eigenvalue weighted by Gasteiger charge is 2.43. The van der Waals surface area contributed by atoms with Gasteiger partial charge in [0.1, 0.15) is 5.41 Å². The third-order valence-electron chi connectivity index (χ3n) is 3.81. The molecule has 102 valence electrons. The molecule has 0 aliphatic carbocycles. The molecule has 0 aromatic heterocycles. The second-order valence-electron chi connectivity index (χ2n) is 4.92. The normalized spacial score (nSPS) is 24.4. The second-order valence-corrected chi connectivity index (χ2v) is 5.36. The van der Waals surface area contributed by atoms with Gasteiger partial charge in [-0.3, -0.25) is 4.79 Å². The van der Waals surface area contributed by atoms with Crippen LogP contribution in [0.2, 0.25) is 0 Å². The van der Waals surface area contributed by atoms with Gasteiger partial charge in [0.15, 0.2) is 0 Å². The molecule has 3 N–H and O–H groups in total. The fraction of sp³-hybridized carbons (Fsp3) is 0.833. The molecule has 2 heterocycles. The summed E-state index contributed by atoms with van der Waals surface area (Å²) in [7, 11) is 0. The van der Waals surface area contributed by atoms with E-state index >= 15 is 0 Å². The van der Waals surface area contributed by atoms with Crippen molar-refractivity contribution in [2.75, 3.05) is 26.4 Å². The van der Waals surface area contributed by atoms with Gasteiger partial charge in [-0.1, -0.05) is 12.2 Å². The van der Waals surface area contributed by atoms with Crippen LogP contribution < -0.4 is 11.1 Å². The Labute approximate surface area is 112 Å². The predicted octanol–water partition coefficient (Wildman–Crippen LogP) is 0.364. The van der Waals surface area contributed by atoms with E-state index < -0.39 is 5.41 Å². The minimum absolute atomic E-state index is 0.0369. The first-order valence-corrected chi connectivity index (χ1v) is 6.82. The van der Waals surface area contributed by atoms with Crippen LogP contribution in [-0.2, 0) is 14.3 Å². The maximum absolute atomic E-state index is 12.5. The van der Waals surface area contributed by atoms with Crippen LogP contribution in [0.15, 0.2) is 0 Å². The summed E-state index contributed by atoms with van der Waals surface area (Å²) in [4.78, 5) is 12.7. The summed E-state index contributed by atoms with van der Waals surface area (Å²) < 4.78 is 10.6. The van der Waals surface area contributed by atoms with Crippen LogP contribution in [-0.4, -0.2) is 43.4 Å². The van der Waals surface area contributed by atoms with E-state index in [-0.39, 0.29) is 16.9 Å². The summed E-state index contributed by atoms with van der Waals surface area (Å²) >= 11 is 5.11. The lowest BCUT2D eigenvalue weighted by atomic mass is 9.79. The quantitative estimate of drug-likeness (QED) is 0.726. The Bertz CT molecular complexity index is 323. The lowest BCUT2D eigenvalue weighted by Gasteiger charge is -2.36. The van der Waals surface area contributed by atoms with Gasteiger partial charge >= 0.3 is 0 Å². The van der Waals surface area contributed by atoms with Gasteiger partial charge in [-0.25, -0.2) is 0 Å². The van der Waals surface area contributed by atoms with Crippen LogP contribution in [0.3, 0.4) is 0 Å². The van der Waals surface area contributed by atoms with Crippen LogP contribution in [0.25, 0.3) is 0 Å². The van der Waals surface area contributed by atoms with Crippen molar-refractivity contribution in [3.63, 3.8) is 0 Å². The minimum Gasteiger partial charge on any atom is -0.392 e. The van der Waals surface area contributed by atoms with E-state index in [0.29, 0.717) is 39.3 Å². The molecule has 1 amide bonds. The fourth-order valence-corrected chi connectivity index (χ4v) is 2.77. The zero-order valence-corrected chi connectivity index (χ0v) is 11.3. The smallest absolute Gasteiger partial charge is 0.233 e. The van der Waals surface area contributed by atoms with Gasteiger partial charge in [-0.05, 0) is 25.7 Å². The predicted molar refractivity (Wildman–Crippen MR) is 71.3 cm³/mol. The van der Waals surface area contributed by atoms with Crippen LogP contribution in [0.5, 0.6) is 0 Å². The summed E-state index contributed by atoms with van der Waals surface area (Å²) in [5, 5.41) is 3.07. The molecule has 2 fully saturated rings. The highest BCUT2D eigenvalue weighted by atomic mass is 32.1. The van der Waals surface area contributed by atoms with Crippen molar-refractivity contribution in [1.29, 1.82) is 0 Å². The van der Waals surface area contributed by atoms with Crippen molar-refractivity contribution in [1.82, 2.24) is 5.32 Å². The van der Waals surface area contributed by atoms with Gasteiger partial charge < -0.3 is 20.5 Å². The molecule has 2 saturated heterocycles. The summed E-state index contributed by atoms with van der Waals surface area (Å²) in [6.07, 6.45) is 2.88. The van der Waals surface area contributed by atoms with Gasteiger partial charge in [0.25, 0.3) is 0 Å². The number of thiocarbonyl (C=S) groups is 1. The molecule has 2 aliphatic rings. The summed E-state index contributed by atoms with van der Waals surface area (Å²) in [5.41, 5.74) is 5.08. The van der Waals surface area contributed by atoms with Crippen molar-refractivity contribution in [3.8, 4) is 0 Å². The number of ether oxygens (including phenoxy) is 2. The largest absolute Gasteiger partial charge is 0.392 e. The van der Waals surface area contributed by atoms with Gasteiger partial charge in [-0.2, -0.15) is 0 Å². The van der Waals surface area contributed by atoms with Gasteiger partial charge in [0.2, 0.25) is 5.91 Å². The molecule has 0 unspecified atom stereocenters. The standard InChI is InChI=1S/C12H20N2O3S/c13-10(18)12(3-7-17-8-4-12)11(15)14-9-1-5-16-6-2-9/h9H,1-8H2,(H2,13,18)(H,14,15). The Morgan fingerprint density at radius 1 is 1.17 bits per heavy atom. The lowest BCUT2D eigenvalue weighted by Crippen LogP contribution is -2.54. The Kier molecular flexibility index (Phi) is 4.53. The van der Waals surface area contributed by atoms with Crippen LogP contribution >= 0.6 is 12.2 Å². The van der Waals surface area contributed by atoms with E-state index in [4.69, 9.17) is 27.4 Å². The first-order valence-electron chi connectivity index (χ1n) is 6.41. The maximum atomic E-state index is 12.5. The number of carbonyl (C=O) groups excluding carboxylic acids is 1. The lowest BCUT2D eigenvalue weighted by molar-refractivity contribution is -0.132. The van der Waals surface area contributed by atoms with Crippen LogP contribution in [0, 0.1) is 5.41 Å². The van der Waals surface area contributed by atoms with Gasteiger partial charge in [0.05, 0.1) is 4.99 Å². The average Bonchev–Trinajstić information content (AvgIpc) is 2.40. The van der Waals surface area contributed by atoms with E-state index in [1.54, 1.807) is 0 Å². The number of rotatable bonds is 3. The molecule has 0 aromatic rings. The Morgan fingerprint density at radius 3 is 2.28 bits per heavy atom. The first kappa shape index (κ1) is 13.7. The molecular weight excluding hydrogens is 252 g/mol. The number of nitrogens with two attached hydrogens (primary N) is 1. The molecule has 2 aliphatic heterocycles. The molecular formula is C12H20N2O3S. The van der Waals surface area contributed by atoms with E-state index in [9.17, 15) is 4.79 Å². The molecule has 0 bridgehead atoms. The highest BCUT2D eigenvalue weighted by Crippen LogP contribution is 2.31. The minimum atomic E-state index is -0.716. The molecule has 0 spiro atoms. The number of hydrogen-bond acceptors (Lipinski definition) is 4. The fourth-order valence-electron chi connectivity index (χ4n) is 2.47. The van der Waals surface area contributed by atoms with Gasteiger partial charge in [-0.15, -0.1) is 0 Å². The molecule has 6 heteroatoms. The molecule has 0 radical (unpaired) electrons. The highest BCUT2D eigenvalue weighted by molar-refractivity contribution is 7.80. The number of amides is 1. The number of hydrogen-bond donors (Lipinski definition) is 2. The van der Waals surface area contributed by atoms with E-state index in [1.807, 2.05) is 0 Å². The Hall–Kier alpha value is -0.720. The summed E-state index contributed by atoms with van der Waals surface area (Å²) in [5.74, 6) is -0.0369. The monoisotopic (exact) mass is 272 g/mol. The van der Waals surface area contributed by atoms with Crippen molar-refractivity contribution >= 4 is 23.1 Å². The molecule has 2 rings (SSSR count). The second kappa shape index (κ2) is 5.95. The third-order valence-corrected chi connectivity index (χ3v) is 4.20. The average molecular weight is 272 g/mol. The van der Waals surface area contributed by atoms with Crippen molar-refractivity contribution in [2.24, 2.45) is 11.1 Å². The summed E-state index contributed by atoms with van der Waals surface area (Å²) in [6.45, 7) is 2.49. The maximum Gasteiger partial charge on any atom is 0.233 e. The Balaban J connectivity index is 2.01. The van der Waals surface area contributed by atoms with E-state index in [1.165, 1.54) is 0 Å². The van der Waals surface area contributed by atoms with Crippen LogP contribution in [0.4, 0.5) is 0 Å².